The Morgan fingerprint density at radius 1 is 0.917 bits per heavy atom. The third kappa shape index (κ3) is 1.03. The van der Waals surface area contributed by atoms with Crippen LogP contribution in [0.15, 0.2) is 0 Å². The maximum absolute atomic E-state index is 2.49. The minimum atomic E-state index is 1.06. The van der Waals surface area contributed by atoms with Crippen LogP contribution in [0, 0.1) is 29.6 Å². The molecule has 3 fully saturated rings. The van der Waals surface area contributed by atoms with Gasteiger partial charge < -0.3 is 0 Å². The summed E-state index contributed by atoms with van der Waals surface area (Å²) in [6.45, 7) is 7.24. The maximum atomic E-state index is 2.49. The van der Waals surface area contributed by atoms with Crippen LogP contribution in [-0.4, -0.2) is 0 Å². The highest BCUT2D eigenvalue weighted by atomic mass is 14.5. The summed E-state index contributed by atoms with van der Waals surface area (Å²) in [5.41, 5.74) is 0. The molecule has 0 saturated heterocycles. The van der Waals surface area contributed by atoms with E-state index in [1.54, 1.807) is 12.8 Å². The Morgan fingerprint density at radius 3 is 1.75 bits per heavy atom. The highest BCUT2D eigenvalue weighted by Crippen LogP contribution is 2.57. The number of fused-ring (bicyclic) bond motifs is 2. The van der Waals surface area contributed by atoms with Crippen LogP contribution >= 0.6 is 0 Å². The van der Waals surface area contributed by atoms with Gasteiger partial charge in [-0.25, -0.2) is 0 Å². The van der Waals surface area contributed by atoms with Crippen molar-refractivity contribution >= 4 is 0 Å². The lowest BCUT2D eigenvalue weighted by Gasteiger charge is -2.56. The molecule has 0 spiro atoms. The summed E-state index contributed by atoms with van der Waals surface area (Å²) in [6, 6.07) is 0. The SMILES string of the molecule is CCC1CC(CC)C2CC1C2C. The summed E-state index contributed by atoms with van der Waals surface area (Å²) in [5, 5.41) is 0. The molecule has 0 amide bonds. The fourth-order valence-corrected chi connectivity index (χ4v) is 3.79. The normalized spacial score (nSPS) is 51.8. The molecule has 0 aromatic carbocycles. The van der Waals surface area contributed by atoms with E-state index in [1.165, 1.54) is 12.8 Å². The molecule has 2 bridgehead atoms. The zero-order chi connectivity index (χ0) is 8.72. The molecule has 3 saturated carbocycles. The van der Waals surface area contributed by atoms with Gasteiger partial charge in [-0.3, -0.25) is 0 Å². The predicted molar refractivity (Wildman–Crippen MR) is 52.9 cm³/mol. The molecule has 0 nitrogen and oxygen atoms in total. The molecular weight excluding hydrogens is 144 g/mol. The molecule has 0 aromatic heterocycles. The summed E-state index contributed by atoms with van der Waals surface area (Å²) in [7, 11) is 0. The molecule has 0 aliphatic heterocycles. The summed E-state index contributed by atoms with van der Waals surface area (Å²) in [6.07, 6.45) is 5.97. The lowest BCUT2D eigenvalue weighted by Crippen LogP contribution is -2.49. The smallest absolute Gasteiger partial charge is 0.0354 e. The second kappa shape index (κ2) is 3.05. The number of hydrogen-bond acceptors (Lipinski definition) is 0. The largest absolute Gasteiger partial charge is 0.0651 e. The summed E-state index contributed by atoms with van der Waals surface area (Å²) in [5.74, 6) is 5.45. The van der Waals surface area contributed by atoms with Crippen molar-refractivity contribution < 1.29 is 0 Å². The Morgan fingerprint density at radius 2 is 1.42 bits per heavy atom. The first-order valence-electron chi connectivity index (χ1n) is 5.77. The van der Waals surface area contributed by atoms with Gasteiger partial charge in [-0.1, -0.05) is 33.6 Å². The third-order valence-corrected chi connectivity index (χ3v) is 4.76. The van der Waals surface area contributed by atoms with Crippen molar-refractivity contribution in [3.05, 3.63) is 0 Å². The van der Waals surface area contributed by atoms with Crippen molar-refractivity contribution in [3.63, 3.8) is 0 Å². The molecule has 0 heterocycles. The Hall–Kier alpha value is 0. The minimum Gasteiger partial charge on any atom is -0.0651 e. The lowest BCUT2D eigenvalue weighted by molar-refractivity contribution is -0.0717. The zero-order valence-corrected chi connectivity index (χ0v) is 8.72. The van der Waals surface area contributed by atoms with E-state index in [-0.39, 0.29) is 0 Å². The number of rotatable bonds is 2. The van der Waals surface area contributed by atoms with Crippen molar-refractivity contribution in [3.8, 4) is 0 Å². The van der Waals surface area contributed by atoms with Gasteiger partial charge in [-0.2, -0.15) is 0 Å². The van der Waals surface area contributed by atoms with Crippen LogP contribution < -0.4 is 0 Å². The van der Waals surface area contributed by atoms with Crippen molar-refractivity contribution in [2.75, 3.05) is 0 Å². The van der Waals surface area contributed by atoms with Crippen LogP contribution in [0.1, 0.15) is 46.5 Å². The van der Waals surface area contributed by atoms with Crippen LogP contribution in [0.5, 0.6) is 0 Å². The van der Waals surface area contributed by atoms with Crippen LogP contribution in [0.25, 0.3) is 0 Å². The molecule has 0 N–H and O–H groups in total. The van der Waals surface area contributed by atoms with E-state index < -0.39 is 0 Å². The quantitative estimate of drug-likeness (QED) is 0.586. The van der Waals surface area contributed by atoms with E-state index in [0.29, 0.717) is 0 Å². The molecule has 0 heteroatoms. The van der Waals surface area contributed by atoms with E-state index in [0.717, 1.165) is 29.6 Å². The monoisotopic (exact) mass is 166 g/mol. The van der Waals surface area contributed by atoms with E-state index >= 15 is 0 Å². The molecule has 4 unspecified atom stereocenters. The van der Waals surface area contributed by atoms with Crippen LogP contribution in [0.4, 0.5) is 0 Å². The molecule has 0 aromatic rings. The van der Waals surface area contributed by atoms with Gasteiger partial charge in [-0.05, 0) is 42.4 Å². The summed E-state index contributed by atoms with van der Waals surface area (Å²) < 4.78 is 0. The average Bonchev–Trinajstić information content (AvgIpc) is 2.15. The van der Waals surface area contributed by atoms with Crippen molar-refractivity contribution in [1.29, 1.82) is 0 Å². The van der Waals surface area contributed by atoms with Crippen molar-refractivity contribution in [2.24, 2.45) is 29.6 Å². The molecule has 0 radical (unpaired) electrons. The van der Waals surface area contributed by atoms with Gasteiger partial charge in [-0.15, -0.1) is 0 Å². The highest BCUT2D eigenvalue weighted by Gasteiger charge is 2.49. The second-order valence-corrected chi connectivity index (χ2v) is 4.99. The first kappa shape index (κ1) is 8.59. The van der Waals surface area contributed by atoms with Gasteiger partial charge >= 0.3 is 0 Å². The first-order valence-corrected chi connectivity index (χ1v) is 5.77. The average molecular weight is 166 g/mol. The van der Waals surface area contributed by atoms with Crippen molar-refractivity contribution in [1.82, 2.24) is 0 Å². The van der Waals surface area contributed by atoms with Gasteiger partial charge in [0.2, 0.25) is 0 Å². The molecule has 3 aliphatic carbocycles. The molecule has 4 atom stereocenters. The molecule has 3 rings (SSSR count). The van der Waals surface area contributed by atoms with Gasteiger partial charge in [0.15, 0.2) is 0 Å². The molecule has 12 heavy (non-hydrogen) atoms. The van der Waals surface area contributed by atoms with Crippen LogP contribution in [0.2, 0.25) is 0 Å². The Kier molecular flexibility index (Phi) is 2.18. The summed E-state index contributed by atoms with van der Waals surface area (Å²) in [4.78, 5) is 0. The standard InChI is InChI=1S/C12H22/c1-4-9-6-10(5-2)12-7-11(9)8(12)3/h8-12H,4-7H2,1-3H3. The topological polar surface area (TPSA) is 0 Å². The third-order valence-electron chi connectivity index (χ3n) is 4.76. The first-order chi connectivity index (χ1) is 5.77. The van der Waals surface area contributed by atoms with Crippen LogP contribution in [-0.2, 0) is 0 Å². The molecule has 70 valence electrons. The van der Waals surface area contributed by atoms with E-state index in [9.17, 15) is 0 Å². The fraction of sp³-hybridized carbons (Fsp3) is 1.00. The van der Waals surface area contributed by atoms with Crippen LogP contribution in [0.3, 0.4) is 0 Å². The van der Waals surface area contributed by atoms with E-state index in [2.05, 4.69) is 20.8 Å². The summed E-state index contributed by atoms with van der Waals surface area (Å²) >= 11 is 0. The lowest BCUT2D eigenvalue weighted by atomic mass is 9.49. The Balaban J connectivity index is 2.04. The van der Waals surface area contributed by atoms with E-state index in [1.807, 2.05) is 0 Å². The predicted octanol–water partition coefficient (Wildman–Crippen LogP) is 3.71. The number of hydrogen-bond donors (Lipinski definition) is 0. The van der Waals surface area contributed by atoms with Crippen molar-refractivity contribution in [2.45, 2.75) is 46.5 Å². The Labute approximate surface area is 76.7 Å². The Bertz CT molecular complexity index is 145. The van der Waals surface area contributed by atoms with Gasteiger partial charge in [0.25, 0.3) is 0 Å². The van der Waals surface area contributed by atoms with Gasteiger partial charge in [0.05, 0.1) is 0 Å². The van der Waals surface area contributed by atoms with E-state index in [4.69, 9.17) is 0 Å². The second-order valence-electron chi connectivity index (χ2n) is 4.99. The fourth-order valence-electron chi connectivity index (χ4n) is 3.79. The zero-order valence-electron chi connectivity index (χ0n) is 8.72. The highest BCUT2D eigenvalue weighted by molar-refractivity contribution is 4.98. The van der Waals surface area contributed by atoms with Gasteiger partial charge in [0, 0.05) is 0 Å². The maximum Gasteiger partial charge on any atom is -0.0354 e. The molecular formula is C12H22. The molecule has 3 aliphatic rings. The van der Waals surface area contributed by atoms with Gasteiger partial charge in [0.1, 0.15) is 0 Å². The minimum absolute atomic E-state index is 1.06.